The topological polar surface area (TPSA) is 57.7 Å². The Hall–Kier alpha value is -3.00. The second-order valence-electron chi connectivity index (χ2n) is 6.74. The third-order valence-corrected chi connectivity index (χ3v) is 4.67. The average Bonchev–Trinajstić information content (AvgIpc) is 2.72. The fraction of sp³-hybridized carbons (Fsp3) is 0.333. The summed E-state index contributed by atoms with van der Waals surface area (Å²) < 4.78 is 29.4. The van der Waals surface area contributed by atoms with Crippen LogP contribution in [0.5, 0.6) is 5.75 Å². The number of amides is 1. The Morgan fingerprint density at radius 2 is 1.97 bits per heavy atom. The number of piperazine rings is 1. The number of carbonyl (C=O) groups excluding carboxylic acids is 1. The van der Waals surface area contributed by atoms with Gasteiger partial charge in [-0.3, -0.25) is 4.79 Å². The SMILES string of the molecule is CN1CCN(c2ncccc2CNC(=O)/C=C/c2ccccc2OC(F)F)CC1. The number of para-hydroxylation sites is 1. The molecular formula is C21H24F2N4O2. The normalized spacial score (nSPS) is 15.1. The molecule has 0 aliphatic carbocycles. The molecule has 29 heavy (non-hydrogen) atoms. The van der Waals surface area contributed by atoms with E-state index in [0.29, 0.717) is 12.1 Å². The smallest absolute Gasteiger partial charge is 0.387 e. The van der Waals surface area contributed by atoms with Gasteiger partial charge in [0.2, 0.25) is 5.91 Å². The van der Waals surface area contributed by atoms with Crippen LogP contribution < -0.4 is 15.0 Å². The Morgan fingerprint density at radius 3 is 2.72 bits per heavy atom. The molecule has 8 heteroatoms. The molecule has 1 amide bonds. The monoisotopic (exact) mass is 402 g/mol. The summed E-state index contributed by atoms with van der Waals surface area (Å²) in [6.45, 7) is 1.10. The molecule has 1 aliphatic heterocycles. The molecule has 1 aliphatic rings. The lowest BCUT2D eigenvalue weighted by Crippen LogP contribution is -2.45. The first-order valence-corrected chi connectivity index (χ1v) is 9.40. The summed E-state index contributed by atoms with van der Waals surface area (Å²) in [5, 5.41) is 2.83. The van der Waals surface area contributed by atoms with Gasteiger partial charge in [0.05, 0.1) is 0 Å². The van der Waals surface area contributed by atoms with E-state index in [-0.39, 0.29) is 11.7 Å². The molecule has 1 fully saturated rings. The van der Waals surface area contributed by atoms with Crippen molar-refractivity contribution in [3.05, 3.63) is 59.8 Å². The number of nitrogens with one attached hydrogen (secondary N) is 1. The molecule has 3 rings (SSSR count). The Bertz CT molecular complexity index is 852. The standard InChI is InChI=1S/C21H24F2N4O2/c1-26-11-13-27(14-12-26)20-17(6-4-10-24-20)15-25-19(28)9-8-16-5-2-3-7-18(16)29-21(22)23/h2-10,21H,11-15H2,1H3,(H,25,28)/b9-8+. The number of aromatic nitrogens is 1. The number of ether oxygens (including phenoxy) is 1. The van der Waals surface area contributed by atoms with E-state index in [1.54, 1.807) is 24.4 Å². The lowest BCUT2D eigenvalue weighted by molar-refractivity contribution is -0.116. The van der Waals surface area contributed by atoms with Crippen molar-refractivity contribution in [3.8, 4) is 5.75 Å². The Balaban J connectivity index is 1.61. The molecule has 2 heterocycles. The van der Waals surface area contributed by atoms with Crippen LogP contribution in [0.15, 0.2) is 48.7 Å². The average molecular weight is 402 g/mol. The maximum atomic E-state index is 12.5. The maximum absolute atomic E-state index is 12.5. The van der Waals surface area contributed by atoms with Gasteiger partial charge in [-0.1, -0.05) is 24.3 Å². The van der Waals surface area contributed by atoms with Crippen molar-refractivity contribution in [1.82, 2.24) is 15.2 Å². The van der Waals surface area contributed by atoms with Gasteiger partial charge in [0.25, 0.3) is 0 Å². The van der Waals surface area contributed by atoms with Crippen molar-refractivity contribution >= 4 is 17.8 Å². The van der Waals surface area contributed by atoms with Crippen LogP contribution in [0.25, 0.3) is 6.08 Å². The van der Waals surface area contributed by atoms with E-state index < -0.39 is 6.61 Å². The predicted molar refractivity (Wildman–Crippen MR) is 108 cm³/mol. The number of pyridine rings is 1. The fourth-order valence-corrected chi connectivity index (χ4v) is 3.10. The van der Waals surface area contributed by atoms with Crippen molar-refractivity contribution in [2.45, 2.75) is 13.2 Å². The van der Waals surface area contributed by atoms with Gasteiger partial charge in [0, 0.05) is 56.1 Å². The third kappa shape index (κ3) is 5.99. The molecule has 1 aromatic carbocycles. The molecule has 1 aromatic heterocycles. The Labute approximate surface area is 168 Å². The molecule has 0 saturated carbocycles. The Kier molecular flexibility index (Phi) is 7.13. The van der Waals surface area contributed by atoms with Crippen LogP contribution in [0.3, 0.4) is 0 Å². The van der Waals surface area contributed by atoms with Crippen molar-refractivity contribution < 1.29 is 18.3 Å². The van der Waals surface area contributed by atoms with Gasteiger partial charge in [-0.15, -0.1) is 0 Å². The van der Waals surface area contributed by atoms with Gasteiger partial charge in [-0.25, -0.2) is 4.98 Å². The lowest BCUT2D eigenvalue weighted by Gasteiger charge is -2.34. The molecule has 2 aromatic rings. The Morgan fingerprint density at radius 1 is 1.21 bits per heavy atom. The van der Waals surface area contributed by atoms with E-state index in [9.17, 15) is 13.6 Å². The third-order valence-electron chi connectivity index (χ3n) is 4.67. The highest BCUT2D eigenvalue weighted by atomic mass is 19.3. The van der Waals surface area contributed by atoms with Crippen molar-refractivity contribution in [2.75, 3.05) is 38.1 Å². The molecule has 154 valence electrons. The fourth-order valence-electron chi connectivity index (χ4n) is 3.10. The van der Waals surface area contributed by atoms with Crippen LogP contribution in [-0.2, 0) is 11.3 Å². The molecule has 0 bridgehead atoms. The highest BCUT2D eigenvalue weighted by Gasteiger charge is 2.18. The minimum absolute atomic E-state index is 0.0242. The van der Waals surface area contributed by atoms with Crippen LogP contribution in [0.4, 0.5) is 14.6 Å². The zero-order chi connectivity index (χ0) is 20.6. The molecule has 0 atom stereocenters. The summed E-state index contributed by atoms with van der Waals surface area (Å²) in [6, 6.07) is 10.1. The minimum atomic E-state index is -2.92. The van der Waals surface area contributed by atoms with E-state index in [1.165, 1.54) is 18.2 Å². The molecule has 6 nitrogen and oxygen atoms in total. The molecule has 0 unspecified atom stereocenters. The van der Waals surface area contributed by atoms with Crippen molar-refractivity contribution in [3.63, 3.8) is 0 Å². The van der Waals surface area contributed by atoms with E-state index in [1.807, 2.05) is 12.1 Å². The van der Waals surface area contributed by atoms with Crippen LogP contribution in [-0.4, -0.2) is 55.6 Å². The van der Waals surface area contributed by atoms with Gasteiger partial charge < -0.3 is 19.9 Å². The highest BCUT2D eigenvalue weighted by molar-refractivity contribution is 5.92. The number of benzene rings is 1. The number of alkyl halides is 2. The summed E-state index contributed by atoms with van der Waals surface area (Å²) in [6.07, 6.45) is 4.51. The van der Waals surface area contributed by atoms with E-state index in [0.717, 1.165) is 37.6 Å². The number of likely N-dealkylation sites (N-methyl/N-ethyl adjacent to an activating group) is 1. The largest absolute Gasteiger partial charge is 0.434 e. The maximum Gasteiger partial charge on any atom is 0.387 e. The molecule has 0 radical (unpaired) electrons. The van der Waals surface area contributed by atoms with E-state index in [2.05, 4.69) is 31.9 Å². The molecule has 1 saturated heterocycles. The van der Waals surface area contributed by atoms with Gasteiger partial charge >= 0.3 is 6.61 Å². The van der Waals surface area contributed by atoms with Gasteiger partial charge in [0.15, 0.2) is 0 Å². The number of anilines is 1. The van der Waals surface area contributed by atoms with Crippen LogP contribution in [0, 0.1) is 0 Å². The van der Waals surface area contributed by atoms with Crippen molar-refractivity contribution in [2.24, 2.45) is 0 Å². The lowest BCUT2D eigenvalue weighted by atomic mass is 10.2. The number of rotatable bonds is 7. The first-order valence-electron chi connectivity index (χ1n) is 9.40. The van der Waals surface area contributed by atoms with E-state index in [4.69, 9.17) is 0 Å². The van der Waals surface area contributed by atoms with Crippen LogP contribution >= 0.6 is 0 Å². The number of halogens is 2. The zero-order valence-electron chi connectivity index (χ0n) is 16.2. The minimum Gasteiger partial charge on any atom is -0.434 e. The molecule has 0 spiro atoms. The second-order valence-corrected chi connectivity index (χ2v) is 6.74. The summed E-state index contributed by atoms with van der Waals surface area (Å²) in [5.74, 6) is 0.571. The van der Waals surface area contributed by atoms with Gasteiger partial charge in [0.1, 0.15) is 11.6 Å². The van der Waals surface area contributed by atoms with Gasteiger partial charge in [-0.05, 0) is 25.3 Å². The van der Waals surface area contributed by atoms with E-state index >= 15 is 0 Å². The highest BCUT2D eigenvalue weighted by Crippen LogP contribution is 2.22. The first kappa shape index (κ1) is 20.7. The number of hydrogen-bond donors (Lipinski definition) is 1. The van der Waals surface area contributed by atoms with Crippen molar-refractivity contribution in [1.29, 1.82) is 0 Å². The molecular weight excluding hydrogens is 378 g/mol. The predicted octanol–water partition coefficient (Wildman–Crippen LogP) is 2.76. The number of hydrogen-bond acceptors (Lipinski definition) is 5. The quantitative estimate of drug-likeness (QED) is 0.722. The summed E-state index contributed by atoms with van der Waals surface area (Å²) >= 11 is 0. The van der Waals surface area contributed by atoms with Crippen LogP contribution in [0.2, 0.25) is 0 Å². The first-order chi connectivity index (χ1) is 14.0. The number of nitrogens with zero attached hydrogens (tertiary/aromatic N) is 3. The summed E-state index contributed by atoms with van der Waals surface area (Å²) in [4.78, 5) is 21.2. The van der Waals surface area contributed by atoms with Crippen LogP contribution in [0.1, 0.15) is 11.1 Å². The zero-order valence-corrected chi connectivity index (χ0v) is 16.2. The summed E-state index contributed by atoms with van der Waals surface area (Å²) in [7, 11) is 2.09. The summed E-state index contributed by atoms with van der Waals surface area (Å²) in [5.41, 5.74) is 1.34. The van der Waals surface area contributed by atoms with Gasteiger partial charge in [-0.2, -0.15) is 8.78 Å². The number of carbonyl (C=O) groups is 1. The second kappa shape index (κ2) is 9.97. The molecule has 1 N–H and O–H groups in total.